The molecule has 0 saturated carbocycles. The number of tetrazole rings is 1. The monoisotopic (exact) mass is 221 g/mol. The molecule has 0 spiro atoms. The number of aryl methyl sites for hydroxylation is 2. The molecular formula is C9H15N7. The molecule has 0 atom stereocenters. The van der Waals surface area contributed by atoms with Gasteiger partial charge in [0.15, 0.2) is 0 Å². The number of nitrogens with two attached hydrogens (primary N) is 1. The van der Waals surface area contributed by atoms with E-state index >= 15 is 0 Å². The smallest absolute Gasteiger partial charge is 0.202 e. The number of hydrogen-bond acceptors (Lipinski definition) is 5. The number of nitrogens with zero attached hydrogens (tertiary/aromatic N) is 6. The minimum absolute atomic E-state index is 0.695. The molecule has 0 bridgehead atoms. The maximum atomic E-state index is 5.44. The first kappa shape index (κ1) is 10.7. The lowest BCUT2D eigenvalue weighted by atomic mass is 10.3. The summed E-state index contributed by atoms with van der Waals surface area (Å²) in [4.78, 5) is 0. The molecule has 2 heterocycles. The minimum atomic E-state index is 0.695. The van der Waals surface area contributed by atoms with Crippen molar-refractivity contribution in [3.8, 4) is 11.5 Å². The van der Waals surface area contributed by atoms with Crippen LogP contribution in [0.25, 0.3) is 11.5 Å². The molecule has 7 heteroatoms. The van der Waals surface area contributed by atoms with Gasteiger partial charge in [0.2, 0.25) is 5.82 Å². The van der Waals surface area contributed by atoms with Crippen LogP contribution in [-0.4, -0.2) is 36.5 Å². The Bertz CT molecular complexity index is 444. The van der Waals surface area contributed by atoms with Crippen molar-refractivity contribution in [2.75, 3.05) is 6.54 Å². The van der Waals surface area contributed by atoms with Gasteiger partial charge >= 0.3 is 0 Å². The number of hydrogen-bond donors (Lipinski definition) is 1. The molecule has 2 aromatic heterocycles. The molecule has 0 radical (unpaired) electrons. The molecule has 0 unspecified atom stereocenters. The van der Waals surface area contributed by atoms with Crippen LogP contribution in [0.4, 0.5) is 0 Å². The van der Waals surface area contributed by atoms with E-state index in [2.05, 4.69) is 20.6 Å². The summed E-state index contributed by atoms with van der Waals surface area (Å²) in [6.45, 7) is 1.47. The fourth-order valence-electron chi connectivity index (χ4n) is 1.48. The number of unbranched alkanes of at least 4 members (excludes halogenated alkanes) is 1. The molecule has 0 aromatic carbocycles. The van der Waals surface area contributed by atoms with Gasteiger partial charge in [-0.15, -0.1) is 5.10 Å². The van der Waals surface area contributed by atoms with Gasteiger partial charge < -0.3 is 5.73 Å². The van der Waals surface area contributed by atoms with Gasteiger partial charge in [-0.2, -0.15) is 5.10 Å². The molecule has 7 nitrogen and oxygen atoms in total. The Kier molecular flexibility index (Phi) is 3.25. The van der Waals surface area contributed by atoms with Gasteiger partial charge in [-0.05, 0) is 35.9 Å². The van der Waals surface area contributed by atoms with Gasteiger partial charge in [0, 0.05) is 19.8 Å². The Morgan fingerprint density at radius 2 is 2.25 bits per heavy atom. The second-order valence-electron chi connectivity index (χ2n) is 3.60. The van der Waals surface area contributed by atoms with E-state index in [1.54, 1.807) is 9.36 Å². The second kappa shape index (κ2) is 4.84. The van der Waals surface area contributed by atoms with Gasteiger partial charge in [-0.3, -0.25) is 4.68 Å². The average Bonchev–Trinajstić information content (AvgIpc) is 2.87. The lowest BCUT2D eigenvalue weighted by Gasteiger charge is -2.01. The summed E-state index contributed by atoms with van der Waals surface area (Å²) in [5.41, 5.74) is 6.24. The molecule has 0 amide bonds. The van der Waals surface area contributed by atoms with Crippen LogP contribution >= 0.6 is 0 Å². The Hall–Kier alpha value is -1.76. The molecule has 2 N–H and O–H groups in total. The normalized spacial score (nSPS) is 10.9. The van der Waals surface area contributed by atoms with Crippen LogP contribution in [0.15, 0.2) is 12.3 Å². The van der Waals surface area contributed by atoms with Crippen molar-refractivity contribution < 1.29 is 0 Å². The van der Waals surface area contributed by atoms with Crippen molar-refractivity contribution in [1.29, 1.82) is 0 Å². The first-order valence-corrected chi connectivity index (χ1v) is 5.27. The molecule has 0 fully saturated rings. The van der Waals surface area contributed by atoms with E-state index < -0.39 is 0 Å². The quantitative estimate of drug-likeness (QED) is 0.707. The van der Waals surface area contributed by atoms with Crippen molar-refractivity contribution in [1.82, 2.24) is 30.0 Å². The highest BCUT2D eigenvalue weighted by molar-refractivity contribution is 5.46. The van der Waals surface area contributed by atoms with Gasteiger partial charge in [0.1, 0.15) is 5.69 Å². The van der Waals surface area contributed by atoms with Crippen LogP contribution in [0.2, 0.25) is 0 Å². The zero-order valence-corrected chi connectivity index (χ0v) is 9.24. The molecule has 0 aliphatic carbocycles. The van der Waals surface area contributed by atoms with E-state index in [9.17, 15) is 0 Å². The molecule has 0 saturated heterocycles. The zero-order valence-electron chi connectivity index (χ0n) is 9.24. The van der Waals surface area contributed by atoms with Gasteiger partial charge in [0.05, 0.1) is 0 Å². The molecule has 2 rings (SSSR count). The lowest BCUT2D eigenvalue weighted by Crippen LogP contribution is -2.06. The Morgan fingerprint density at radius 1 is 1.38 bits per heavy atom. The third-order valence-corrected chi connectivity index (χ3v) is 2.30. The third kappa shape index (κ3) is 2.25. The summed E-state index contributed by atoms with van der Waals surface area (Å²) < 4.78 is 3.49. The first-order chi connectivity index (χ1) is 7.81. The van der Waals surface area contributed by atoms with Crippen LogP contribution in [-0.2, 0) is 13.6 Å². The SMILES string of the molecule is Cn1ccc(-c2nnnn2CCCCN)n1. The summed E-state index contributed by atoms with van der Waals surface area (Å²) in [6, 6.07) is 1.89. The van der Waals surface area contributed by atoms with Crippen LogP contribution < -0.4 is 5.73 Å². The zero-order chi connectivity index (χ0) is 11.4. The van der Waals surface area contributed by atoms with Gasteiger partial charge in [-0.25, -0.2) is 4.68 Å². The predicted molar refractivity (Wildman–Crippen MR) is 58.3 cm³/mol. The average molecular weight is 221 g/mol. The fraction of sp³-hybridized carbons (Fsp3) is 0.556. The highest BCUT2D eigenvalue weighted by Crippen LogP contribution is 2.12. The summed E-state index contributed by atoms with van der Waals surface area (Å²) >= 11 is 0. The fourth-order valence-corrected chi connectivity index (χ4v) is 1.48. The van der Waals surface area contributed by atoms with Crippen molar-refractivity contribution >= 4 is 0 Å². The van der Waals surface area contributed by atoms with E-state index in [0.717, 1.165) is 25.1 Å². The Morgan fingerprint density at radius 3 is 2.94 bits per heavy atom. The summed E-state index contributed by atoms with van der Waals surface area (Å²) in [5.74, 6) is 0.706. The number of aromatic nitrogens is 6. The predicted octanol–water partition coefficient (Wildman–Crippen LogP) is -0.187. The largest absolute Gasteiger partial charge is 0.330 e. The lowest BCUT2D eigenvalue weighted by molar-refractivity contribution is 0.547. The first-order valence-electron chi connectivity index (χ1n) is 5.27. The summed E-state index contributed by atoms with van der Waals surface area (Å²) in [5, 5.41) is 15.9. The Labute approximate surface area is 93.2 Å². The highest BCUT2D eigenvalue weighted by atomic mass is 15.5. The van der Waals surface area contributed by atoms with Crippen LogP contribution in [0, 0.1) is 0 Å². The van der Waals surface area contributed by atoms with Crippen molar-refractivity contribution in [2.45, 2.75) is 19.4 Å². The van der Waals surface area contributed by atoms with Crippen molar-refractivity contribution in [3.63, 3.8) is 0 Å². The van der Waals surface area contributed by atoms with Gasteiger partial charge in [-0.1, -0.05) is 0 Å². The van der Waals surface area contributed by atoms with E-state index in [0.29, 0.717) is 12.4 Å². The van der Waals surface area contributed by atoms with E-state index in [-0.39, 0.29) is 0 Å². The van der Waals surface area contributed by atoms with Gasteiger partial charge in [0.25, 0.3) is 0 Å². The van der Waals surface area contributed by atoms with Crippen LogP contribution in [0.5, 0.6) is 0 Å². The van der Waals surface area contributed by atoms with E-state index in [4.69, 9.17) is 5.73 Å². The molecule has 86 valence electrons. The Balaban J connectivity index is 2.12. The molecule has 0 aliphatic rings. The molecule has 0 aliphatic heterocycles. The van der Waals surface area contributed by atoms with E-state index in [1.807, 2.05) is 19.3 Å². The minimum Gasteiger partial charge on any atom is -0.330 e. The number of rotatable bonds is 5. The van der Waals surface area contributed by atoms with Crippen molar-refractivity contribution in [3.05, 3.63) is 12.3 Å². The standard InChI is InChI=1S/C9H15N7/c1-15-7-4-8(12-15)9-11-13-14-16(9)6-3-2-5-10/h4,7H,2-3,5-6,10H2,1H3. The summed E-state index contributed by atoms with van der Waals surface area (Å²) in [7, 11) is 1.87. The van der Waals surface area contributed by atoms with E-state index in [1.165, 1.54) is 0 Å². The summed E-state index contributed by atoms with van der Waals surface area (Å²) in [6.07, 6.45) is 3.82. The van der Waals surface area contributed by atoms with Crippen molar-refractivity contribution in [2.24, 2.45) is 12.8 Å². The maximum absolute atomic E-state index is 5.44. The second-order valence-corrected chi connectivity index (χ2v) is 3.60. The topological polar surface area (TPSA) is 87.4 Å². The third-order valence-electron chi connectivity index (χ3n) is 2.30. The van der Waals surface area contributed by atoms with Crippen LogP contribution in [0.3, 0.4) is 0 Å². The molecule has 16 heavy (non-hydrogen) atoms. The molecule has 2 aromatic rings. The highest BCUT2D eigenvalue weighted by Gasteiger charge is 2.10. The van der Waals surface area contributed by atoms with Crippen LogP contribution in [0.1, 0.15) is 12.8 Å². The maximum Gasteiger partial charge on any atom is 0.202 e. The molecular weight excluding hydrogens is 206 g/mol.